The van der Waals surface area contributed by atoms with Crippen molar-refractivity contribution >= 4 is 44.9 Å². The molecular formula is C20H18BrN5O2S. The number of nitrogens with one attached hydrogen (secondary N) is 3. The number of rotatable bonds is 3. The van der Waals surface area contributed by atoms with E-state index >= 15 is 0 Å². The van der Waals surface area contributed by atoms with E-state index < -0.39 is 6.03 Å². The summed E-state index contributed by atoms with van der Waals surface area (Å²) in [6.45, 7) is 1.67. The number of carbonyl (C=O) groups is 2. The first-order valence-corrected chi connectivity index (χ1v) is 10.5. The van der Waals surface area contributed by atoms with Crippen LogP contribution in [0.3, 0.4) is 0 Å². The third-order valence-corrected chi connectivity index (χ3v) is 5.95. The molecular weight excluding hydrogens is 454 g/mol. The van der Waals surface area contributed by atoms with Crippen LogP contribution in [0.15, 0.2) is 28.7 Å². The van der Waals surface area contributed by atoms with Gasteiger partial charge in [-0.05, 0) is 59.6 Å². The van der Waals surface area contributed by atoms with E-state index in [9.17, 15) is 9.59 Å². The molecule has 1 fully saturated rings. The van der Waals surface area contributed by atoms with E-state index in [4.69, 9.17) is 11.0 Å². The van der Waals surface area contributed by atoms with Gasteiger partial charge in [-0.25, -0.2) is 4.79 Å². The number of hydrogen-bond acceptors (Lipinski definition) is 5. The fourth-order valence-corrected chi connectivity index (χ4v) is 4.23. The van der Waals surface area contributed by atoms with Gasteiger partial charge in [-0.3, -0.25) is 4.79 Å². The molecule has 3 amide bonds. The molecule has 2 heterocycles. The number of carbonyl (C=O) groups excluding carboxylic acids is 2. The van der Waals surface area contributed by atoms with Gasteiger partial charge in [0, 0.05) is 22.6 Å². The summed E-state index contributed by atoms with van der Waals surface area (Å²) >= 11 is 4.52. The Balaban J connectivity index is 1.83. The maximum absolute atomic E-state index is 12.7. The minimum atomic E-state index is -0.744. The van der Waals surface area contributed by atoms with Gasteiger partial charge >= 0.3 is 6.03 Å². The molecule has 0 saturated carbocycles. The average molecular weight is 472 g/mol. The number of anilines is 1. The van der Waals surface area contributed by atoms with Crippen molar-refractivity contribution in [1.29, 1.82) is 5.26 Å². The van der Waals surface area contributed by atoms with Crippen LogP contribution >= 0.6 is 27.3 Å². The molecule has 7 nitrogen and oxygen atoms in total. The summed E-state index contributed by atoms with van der Waals surface area (Å²) in [5, 5.41) is 17.7. The summed E-state index contributed by atoms with van der Waals surface area (Å²) in [6, 6.07) is 8.20. The second kappa shape index (κ2) is 9.57. The van der Waals surface area contributed by atoms with Gasteiger partial charge in [0.1, 0.15) is 10.9 Å². The number of nitrogens with two attached hydrogens (primary N) is 1. The van der Waals surface area contributed by atoms with Crippen molar-refractivity contribution in [2.75, 3.05) is 18.4 Å². The molecule has 1 saturated heterocycles. The molecule has 5 N–H and O–H groups in total. The Morgan fingerprint density at radius 2 is 2.14 bits per heavy atom. The van der Waals surface area contributed by atoms with Crippen LogP contribution in [0.2, 0.25) is 0 Å². The van der Waals surface area contributed by atoms with Crippen molar-refractivity contribution < 1.29 is 9.59 Å². The second-order valence-corrected chi connectivity index (χ2v) is 8.32. The van der Waals surface area contributed by atoms with E-state index in [1.165, 1.54) is 11.3 Å². The summed E-state index contributed by atoms with van der Waals surface area (Å²) in [5.74, 6) is 5.74. The van der Waals surface area contributed by atoms with E-state index in [2.05, 4.69) is 49.8 Å². The van der Waals surface area contributed by atoms with Crippen molar-refractivity contribution in [3.63, 3.8) is 0 Å². The quantitative estimate of drug-likeness (QED) is 0.514. The number of urea groups is 1. The Morgan fingerprint density at radius 3 is 2.79 bits per heavy atom. The van der Waals surface area contributed by atoms with E-state index in [0.29, 0.717) is 31.0 Å². The van der Waals surface area contributed by atoms with Gasteiger partial charge in [-0.1, -0.05) is 11.8 Å². The Bertz CT molecular complexity index is 1040. The number of amides is 3. The summed E-state index contributed by atoms with van der Waals surface area (Å²) in [6.07, 6.45) is 1.90. The van der Waals surface area contributed by atoms with Gasteiger partial charge < -0.3 is 21.7 Å². The molecule has 0 aliphatic carbocycles. The molecule has 1 aromatic carbocycles. The van der Waals surface area contributed by atoms with Crippen molar-refractivity contribution in [1.82, 2.24) is 10.6 Å². The number of thiophene rings is 1. The van der Waals surface area contributed by atoms with Crippen LogP contribution in [0.4, 0.5) is 10.5 Å². The standard InChI is InChI=1S/C20H18BrN5O2S/c21-16-8-12(3-5-13(16)10-22)4-6-15-9-17(26-20(23)28)18(29-15)19(27)25-14-2-1-7-24-11-14/h3,5,8-9,14,24H,1-2,7,11H2,(H,25,27)(H3,23,26,28). The fraction of sp³-hybridized carbons (Fsp3) is 0.250. The molecule has 0 spiro atoms. The number of piperidine rings is 1. The molecule has 0 bridgehead atoms. The lowest BCUT2D eigenvalue weighted by atomic mass is 10.1. The van der Waals surface area contributed by atoms with Crippen LogP contribution in [-0.4, -0.2) is 31.1 Å². The SMILES string of the molecule is N#Cc1ccc(C#Cc2cc(NC(N)=O)c(C(=O)NC3CCCNC3)s2)cc1Br. The first-order chi connectivity index (χ1) is 14.0. The highest BCUT2D eigenvalue weighted by molar-refractivity contribution is 9.10. The predicted molar refractivity (Wildman–Crippen MR) is 116 cm³/mol. The number of halogens is 1. The molecule has 1 aliphatic heterocycles. The number of primary amides is 1. The third-order valence-electron chi connectivity index (χ3n) is 4.25. The molecule has 3 rings (SSSR count). The monoisotopic (exact) mass is 471 g/mol. The van der Waals surface area contributed by atoms with Gasteiger partial charge in [0.15, 0.2) is 0 Å². The fourth-order valence-electron chi connectivity index (χ4n) is 2.89. The van der Waals surface area contributed by atoms with Crippen LogP contribution in [0.5, 0.6) is 0 Å². The smallest absolute Gasteiger partial charge is 0.316 e. The van der Waals surface area contributed by atoms with E-state index in [0.717, 1.165) is 25.9 Å². The summed E-state index contributed by atoms with van der Waals surface area (Å²) in [7, 11) is 0. The highest BCUT2D eigenvalue weighted by atomic mass is 79.9. The zero-order valence-corrected chi connectivity index (χ0v) is 17.7. The maximum atomic E-state index is 12.7. The van der Waals surface area contributed by atoms with Crippen LogP contribution < -0.4 is 21.7 Å². The van der Waals surface area contributed by atoms with Gasteiger partial charge in [0.05, 0.1) is 16.1 Å². The zero-order chi connectivity index (χ0) is 20.8. The Kier molecular flexibility index (Phi) is 6.89. The van der Waals surface area contributed by atoms with Crippen LogP contribution in [-0.2, 0) is 0 Å². The highest BCUT2D eigenvalue weighted by Gasteiger charge is 2.21. The van der Waals surface area contributed by atoms with Crippen molar-refractivity contribution in [2.45, 2.75) is 18.9 Å². The first kappa shape index (κ1) is 20.9. The van der Waals surface area contributed by atoms with Gasteiger partial charge in [0.25, 0.3) is 5.91 Å². The lowest BCUT2D eigenvalue weighted by molar-refractivity contribution is 0.0935. The van der Waals surface area contributed by atoms with E-state index in [1.54, 1.807) is 24.3 Å². The number of benzene rings is 1. The first-order valence-electron chi connectivity index (χ1n) is 8.90. The molecule has 1 atom stereocenters. The lowest BCUT2D eigenvalue weighted by Crippen LogP contribution is -2.45. The van der Waals surface area contributed by atoms with Crippen LogP contribution in [0.25, 0.3) is 0 Å². The van der Waals surface area contributed by atoms with Gasteiger partial charge in [0.2, 0.25) is 0 Å². The Hall–Kier alpha value is -2.85. The Labute approximate surface area is 180 Å². The molecule has 0 radical (unpaired) electrons. The van der Waals surface area contributed by atoms with Crippen molar-refractivity contribution in [2.24, 2.45) is 5.73 Å². The Morgan fingerprint density at radius 1 is 1.31 bits per heavy atom. The van der Waals surface area contributed by atoms with Gasteiger partial charge in [-0.2, -0.15) is 5.26 Å². The van der Waals surface area contributed by atoms with Crippen molar-refractivity contribution in [3.05, 3.63) is 49.6 Å². The summed E-state index contributed by atoms with van der Waals surface area (Å²) < 4.78 is 0.662. The predicted octanol–water partition coefficient (Wildman–Crippen LogP) is 2.75. The third kappa shape index (κ3) is 5.58. The normalized spacial score (nSPS) is 15.5. The number of nitrogens with zero attached hydrogens (tertiary/aromatic N) is 1. The molecule has 1 aromatic heterocycles. The largest absolute Gasteiger partial charge is 0.351 e. The highest BCUT2D eigenvalue weighted by Crippen LogP contribution is 2.27. The van der Waals surface area contributed by atoms with Crippen LogP contribution in [0, 0.1) is 23.2 Å². The number of nitriles is 1. The minimum Gasteiger partial charge on any atom is -0.351 e. The molecule has 1 unspecified atom stereocenters. The molecule has 9 heteroatoms. The molecule has 2 aromatic rings. The molecule has 1 aliphatic rings. The van der Waals surface area contributed by atoms with Crippen LogP contribution in [0.1, 0.15) is 38.5 Å². The van der Waals surface area contributed by atoms with Crippen molar-refractivity contribution in [3.8, 4) is 17.9 Å². The molecule has 29 heavy (non-hydrogen) atoms. The minimum absolute atomic E-state index is 0.0466. The summed E-state index contributed by atoms with van der Waals surface area (Å²) in [5.41, 5.74) is 6.82. The van der Waals surface area contributed by atoms with Gasteiger partial charge in [-0.15, -0.1) is 11.3 Å². The lowest BCUT2D eigenvalue weighted by Gasteiger charge is -2.23. The van der Waals surface area contributed by atoms with E-state index in [1.807, 2.05) is 0 Å². The second-order valence-electron chi connectivity index (χ2n) is 6.42. The summed E-state index contributed by atoms with van der Waals surface area (Å²) in [4.78, 5) is 25.0. The maximum Gasteiger partial charge on any atom is 0.316 e. The molecule has 148 valence electrons. The average Bonchev–Trinajstić information content (AvgIpc) is 3.09. The van der Waals surface area contributed by atoms with E-state index in [-0.39, 0.29) is 11.9 Å². The topological polar surface area (TPSA) is 120 Å². The zero-order valence-electron chi connectivity index (χ0n) is 15.3. The number of hydrogen-bond donors (Lipinski definition) is 4.